The van der Waals surface area contributed by atoms with Gasteiger partial charge in [0.15, 0.2) is 0 Å². The van der Waals surface area contributed by atoms with Gasteiger partial charge in [-0.25, -0.2) is 4.39 Å². The lowest BCUT2D eigenvalue weighted by atomic mass is 9.77. The Bertz CT molecular complexity index is 1070. The maximum absolute atomic E-state index is 14.1. The predicted octanol–water partition coefficient (Wildman–Crippen LogP) is 3.17. The van der Waals surface area contributed by atoms with Crippen molar-refractivity contribution in [2.45, 2.75) is 57.0 Å². The fourth-order valence-corrected chi connectivity index (χ4v) is 5.08. The Morgan fingerprint density at radius 2 is 2.00 bits per heavy atom. The van der Waals surface area contributed by atoms with Crippen LogP contribution in [0.1, 0.15) is 49.8 Å². The zero-order valence-corrected chi connectivity index (χ0v) is 16.8. The first-order valence-corrected chi connectivity index (χ1v) is 10.8. The van der Waals surface area contributed by atoms with Crippen LogP contribution in [0.2, 0.25) is 0 Å². The Morgan fingerprint density at radius 3 is 2.73 bits per heavy atom. The second-order valence-electron chi connectivity index (χ2n) is 8.93. The molecule has 2 N–H and O–H groups in total. The van der Waals surface area contributed by atoms with Crippen LogP contribution >= 0.6 is 0 Å². The molecule has 1 aromatic heterocycles. The highest BCUT2D eigenvalue weighted by atomic mass is 19.1. The van der Waals surface area contributed by atoms with Gasteiger partial charge in [0.2, 0.25) is 11.8 Å². The number of carbonyl (C=O) groups is 2. The van der Waals surface area contributed by atoms with Crippen LogP contribution in [0, 0.1) is 29.0 Å². The second kappa shape index (κ2) is 7.12. The third-order valence-corrected chi connectivity index (χ3v) is 7.02. The number of carbonyl (C=O) groups excluding carboxylic acids is 2. The molecule has 5 rings (SSSR count). The van der Waals surface area contributed by atoms with Gasteiger partial charge in [-0.1, -0.05) is 25.0 Å². The summed E-state index contributed by atoms with van der Waals surface area (Å²) in [5, 5.41) is 13.0. The highest BCUT2D eigenvalue weighted by Crippen LogP contribution is 2.38. The summed E-state index contributed by atoms with van der Waals surface area (Å²) in [5.74, 6) is -1.15. The third kappa shape index (κ3) is 3.15. The van der Waals surface area contributed by atoms with Crippen LogP contribution in [-0.2, 0) is 22.6 Å². The molecule has 6 nitrogen and oxygen atoms in total. The first kappa shape index (κ1) is 19.1. The van der Waals surface area contributed by atoms with E-state index >= 15 is 0 Å². The number of amides is 2. The smallest absolute Gasteiger partial charge is 0.226 e. The van der Waals surface area contributed by atoms with E-state index in [-0.39, 0.29) is 29.5 Å². The highest BCUT2D eigenvalue weighted by Gasteiger charge is 2.47. The summed E-state index contributed by atoms with van der Waals surface area (Å²) in [6, 6.07) is 7.21. The highest BCUT2D eigenvalue weighted by molar-refractivity contribution is 5.90. The van der Waals surface area contributed by atoms with E-state index in [0.29, 0.717) is 50.7 Å². The number of hydrogen-bond acceptors (Lipinski definition) is 3. The number of para-hydroxylation sites is 1. The normalized spacial score (nSPS) is 24.7. The lowest BCUT2D eigenvalue weighted by Gasteiger charge is -2.36. The molecular weight excluding hydrogens is 383 g/mol. The molecule has 3 aliphatic rings. The molecule has 2 fully saturated rings. The van der Waals surface area contributed by atoms with E-state index in [4.69, 9.17) is 0 Å². The van der Waals surface area contributed by atoms with Crippen molar-refractivity contribution in [3.63, 3.8) is 0 Å². The first-order valence-electron chi connectivity index (χ1n) is 10.8. The maximum Gasteiger partial charge on any atom is 0.226 e. The van der Waals surface area contributed by atoms with E-state index in [1.165, 1.54) is 6.07 Å². The Labute approximate surface area is 174 Å². The molecule has 2 aromatic rings. The third-order valence-electron chi connectivity index (χ3n) is 7.02. The number of nitrogens with one attached hydrogen (secondary N) is 2. The van der Waals surface area contributed by atoms with Crippen molar-refractivity contribution in [3.05, 3.63) is 35.3 Å². The largest absolute Gasteiger partial charge is 0.356 e. The molecule has 2 amide bonds. The van der Waals surface area contributed by atoms with Gasteiger partial charge in [0.25, 0.3) is 0 Å². The van der Waals surface area contributed by atoms with Gasteiger partial charge in [0.05, 0.1) is 11.6 Å². The molecule has 2 unspecified atom stereocenters. The molecule has 0 bridgehead atoms. The molecule has 2 aliphatic carbocycles. The number of rotatable bonds is 3. The zero-order valence-electron chi connectivity index (χ0n) is 16.8. The summed E-state index contributed by atoms with van der Waals surface area (Å²) in [6.07, 6.45) is 5.26. The van der Waals surface area contributed by atoms with E-state index < -0.39 is 5.54 Å². The van der Waals surface area contributed by atoms with Gasteiger partial charge >= 0.3 is 0 Å². The van der Waals surface area contributed by atoms with Crippen molar-refractivity contribution in [1.29, 1.82) is 5.26 Å². The molecule has 7 heteroatoms. The number of benzene rings is 1. The number of nitriles is 1. The topological polar surface area (TPSA) is 89.0 Å². The summed E-state index contributed by atoms with van der Waals surface area (Å²) >= 11 is 0. The molecule has 0 spiro atoms. The van der Waals surface area contributed by atoms with Crippen molar-refractivity contribution in [1.82, 2.24) is 15.2 Å². The molecular formula is C23H25FN4O2. The lowest BCUT2D eigenvalue weighted by molar-refractivity contribution is -0.144. The van der Waals surface area contributed by atoms with Crippen molar-refractivity contribution in [2.75, 3.05) is 6.54 Å². The van der Waals surface area contributed by atoms with E-state index in [1.54, 1.807) is 6.07 Å². The van der Waals surface area contributed by atoms with E-state index in [2.05, 4.69) is 16.4 Å². The minimum Gasteiger partial charge on any atom is -0.356 e. The number of hydrogen-bond donors (Lipinski definition) is 2. The molecule has 2 saturated carbocycles. The Morgan fingerprint density at radius 1 is 1.23 bits per heavy atom. The van der Waals surface area contributed by atoms with Gasteiger partial charge in [-0.3, -0.25) is 9.59 Å². The molecule has 156 valence electrons. The van der Waals surface area contributed by atoms with Crippen molar-refractivity contribution in [2.24, 2.45) is 11.8 Å². The number of H-pyrrole nitrogens is 1. The van der Waals surface area contributed by atoms with E-state index in [0.717, 1.165) is 29.5 Å². The number of halogens is 1. The van der Waals surface area contributed by atoms with Crippen molar-refractivity contribution >= 4 is 22.7 Å². The Kier molecular flexibility index (Phi) is 4.53. The molecule has 30 heavy (non-hydrogen) atoms. The number of aromatic amines is 1. The number of nitrogens with zero attached hydrogens (tertiary/aromatic N) is 2. The summed E-state index contributed by atoms with van der Waals surface area (Å²) in [7, 11) is 0. The monoisotopic (exact) mass is 408 g/mol. The van der Waals surface area contributed by atoms with Crippen LogP contribution in [0.15, 0.2) is 18.2 Å². The maximum atomic E-state index is 14.1. The second-order valence-corrected chi connectivity index (χ2v) is 8.93. The lowest BCUT2D eigenvalue weighted by Crippen LogP contribution is -2.48. The van der Waals surface area contributed by atoms with Crippen LogP contribution in [0.3, 0.4) is 0 Å². The van der Waals surface area contributed by atoms with Gasteiger partial charge < -0.3 is 15.2 Å². The molecule has 2 atom stereocenters. The Hall–Kier alpha value is -2.88. The SMILES string of the molecule is N#CC1(NC(=O)C2CCCCC2C(=O)N2CCc3[nH]c4c(F)cccc4c3C2)CC1. The Balaban J connectivity index is 1.36. The predicted molar refractivity (Wildman–Crippen MR) is 109 cm³/mol. The summed E-state index contributed by atoms with van der Waals surface area (Å²) in [4.78, 5) is 31.4. The van der Waals surface area contributed by atoms with Gasteiger partial charge in [0, 0.05) is 48.0 Å². The van der Waals surface area contributed by atoms with Gasteiger partial charge in [0.1, 0.15) is 11.4 Å². The van der Waals surface area contributed by atoms with Crippen LogP contribution in [0.5, 0.6) is 0 Å². The summed E-state index contributed by atoms with van der Waals surface area (Å²) in [6.45, 7) is 0.998. The van der Waals surface area contributed by atoms with E-state index in [1.807, 2.05) is 11.0 Å². The van der Waals surface area contributed by atoms with Crippen LogP contribution in [0.25, 0.3) is 10.9 Å². The van der Waals surface area contributed by atoms with Gasteiger partial charge in [-0.05, 0) is 31.7 Å². The fourth-order valence-electron chi connectivity index (χ4n) is 5.08. The summed E-state index contributed by atoms with van der Waals surface area (Å²) in [5.41, 5.74) is 1.75. The van der Waals surface area contributed by atoms with Gasteiger partial charge in [-0.2, -0.15) is 5.26 Å². The molecule has 0 radical (unpaired) electrons. The van der Waals surface area contributed by atoms with E-state index in [9.17, 15) is 19.2 Å². The van der Waals surface area contributed by atoms with Crippen molar-refractivity contribution in [3.8, 4) is 6.07 Å². The minimum absolute atomic E-state index is 0.00746. The van der Waals surface area contributed by atoms with Gasteiger partial charge in [-0.15, -0.1) is 0 Å². The number of aromatic nitrogens is 1. The average Bonchev–Trinajstić information content (AvgIpc) is 3.44. The fraction of sp³-hybridized carbons (Fsp3) is 0.522. The van der Waals surface area contributed by atoms with Crippen LogP contribution in [0.4, 0.5) is 4.39 Å². The number of fused-ring (bicyclic) bond motifs is 3. The molecule has 1 aliphatic heterocycles. The first-order chi connectivity index (χ1) is 14.5. The quantitative estimate of drug-likeness (QED) is 0.818. The van der Waals surface area contributed by atoms with Crippen LogP contribution in [-0.4, -0.2) is 33.8 Å². The molecule has 0 saturated heterocycles. The van der Waals surface area contributed by atoms with Crippen molar-refractivity contribution < 1.29 is 14.0 Å². The summed E-state index contributed by atoms with van der Waals surface area (Å²) < 4.78 is 14.1. The standard InChI is InChI=1S/C23H25FN4O2/c24-18-7-3-6-14-17-12-28(11-8-19(17)26-20(14)18)22(30)16-5-2-1-4-15(16)21(29)27-23(13-25)9-10-23/h3,6-7,15-16,26H,1-2,4-5,8-12H2,(H,27,29). The average molecular weight is 408 g/mol. The molecule has 1 aromatic carbocycles. The zero-order chi connectivity index (χ0) is 20.9. The van der Waals surface area contributed by atoms with Crippen LogP contribution < -0.4 is 5.32 Å². The minimum atomic E-state index is -0.712. The molecule has 2 heterocycles.